The minimum Gasteiger partial charge on any atom is -0.324 e. The number of hydrogen-bond acceptors (Lipinski definition) is 3. The number of anilines is 1. The van der Waals surface area contributed by atoms with Crippen LogP contribution < -0.4 is 10.9 Å². The predicted octanol–water partition coefficient (Wildman–Crippen LogP) is 3.88. The Hall–Kier alpha value is -3.15. The van der Waals surface area contributed by atoms with Crippen molar-refractivity contribution < 1.29 is 4.79 Å². The molecule has 28 heavy (non-hydrogen) atoms. The zero-order valence-corrected chi connectivity index (χ0v) is 16.2. The second-order valence-electron chi connectivity index (χ2n) is 7.44. The molecule has 1 saturated heterocycles. The van der Waals surface area contributed by atoms with Crippen LogP contribution >= 0.6 is 0 Å². The van der Waals surface area contributed by atoms with E-state index in [1.165, 1.54) is 0 Å². The predicted molar refractivity (Wildman–Crippen MR) is 111 cm³/mol. The first-order valence-electron chi connectivity index (χ1n) is 9.62. The van der Waals surface area contributed by atoms with E-state index in [2.05, 4.69) is 10.3 Å². The highest BCUT2D eigenvalue weighted by molar-refractivity contribution is 5.90. The average Bonchev–Trinajstić information content (AvgIpc) is 2.71. The topological polar surface area (TPSA) is 67.2 Å². The molecule has 0 unspecified atom stereocenters. The lowest BCUT2D eigenvalue weighted by Crippen LogP contribution is -2.42. The molecule has 0 radical (unpaired) electrons. The number of carbonyl (C=O) groups is 1. The van der Waals surface area contributed by atoms with Crippen molar-refractivity contribution in [3.05, 3.63) is 70.3 Å². The maximum Gasteiger partial charge on any atom is 0.321 e. The fourth-order valence-corrected chi connectivity index (χ4v) is 3.75. The zero-order chi connectivity index (χ0) is 19.7. The van der Waals surface area contributed by atoms with Gasteiger partial charge in [-0.3, -0.25) is 9.36 Å². The Kier molecular flexibility index (Phi) is 4.86. The number of para-hydroxylation sites is 1. The van der Waals surface area contributed by atoms with Crippen molar-refractivity contribution in [1.82, 2.24) is 14.5 Å². The van der Waals surface area contributed by atoms with Gasteiger partial charge in [-0.1, -0.05) is 24.3 Å². The van der Waals surface area contributed by atoms with E-state index in [0.717, 1.165) is 29.7 Å². The number of amides is 2. The number of benzene rings is 2. The molecule has 1 N–H and O–H groups in total. The summed E-state index contributed by atoms with van der Waals surface area (Å²) in [6, 6.07) is 13.4. The normalized spacial score (nSPS) is 15.0. The lowest BCUT2D eigenvalue weighted by atomic mass is 10.0. The van der Waals surface area contributed by atoms with Crippen molar-refractivity contribution in [2.45, 2.75) is 32.7 Å². The first-order valence-corrected chi connectivity index (χ1v) is 9.62. The number of fused-ring (bicyclic) bond motifs is 1. The smallest absolute Gasteiger partial charge is 0.321 e. The SMILES string of the molecule is Cc1ccc(C)c(NC(=O)N2CCC(n3cnc4ccccc4c3=O)CC2)c1. The van der Waals surface area contributed by atoms with Gasteiger partial charge in [0.25, 0.3) is 5.56 Å². The maximum atomic E-state index is 12.8. The molecule has 2 heterocycles. The molecule has 0 saturated carbocycles. The van der Waals surface area contributed by atoms with Crippen molar-refractivity contribution >= 4 is 22.6 Å². The van der Waals surface area contributed by atoms with Crippen LogP contribution in [0.5, 0.6) is 0 Å². The van der Waals surface area contributed by atoms with E-state index in [1.54, 1.807) is 10.9 Å². The molecule has 2 amide bonds. The van der Waals surface area contributed by atoms with Crippen LogP contribution in [0.15, 0.2) is 53.6 Å². The largest absolute Gasteiger partial charge is 0.324 e. The van der Waals surface area contributed by atoms with Gasteiger partial charge in [0.15, 0.2) is 0 Å². The summed E-state index contributed by atoms with van der Waals surface area (Å²) in [6.45, 7) is 5.22. The van der Waals surface area contributed by atoms with E-state index >= 15 is 0 Å². The average molecular weight is 376 g/mol. The molecule has 3 aromatic rings. The molecule has 0 aliphatic carbocycles. The standard InChI is InChI=1S/C22H24N4O2/c1-15-7-8-16(2)20(13-15)24-22(28)25-11-9-17(10-12-25)26-14-23-19-6-4-3-5-18(19)21(26)27/h3-8,13-14,17H,9-12H2,1-2H3,(H,24,28). The number of carbonyl (C=O) groups excluding carboxylic acids is 1. The van der Waals surface area contributed by atoms with E-state index in [-0.39, 0.29) is 17.6 Å². The monoisotopic (exact) mass is 376 g/mol. The summed E-state index contributed by atoms with van der Waals surface area (Å²) in [7, 11) is 0. The third-order valence-corrected chi connectivity index (χ3v) is 5.47. The molecule has 6 nitrogen and oxygen atoms in total. The fourth-order valence-electron chi connectivity index (χ4n) is 3.75. The van der Waals surface area contributed by atoms with Gasteiger partial charge in [0.1, 0.15) is 0 Å². The number of aromatic nitrogens is 2. The van der Waals surface area contributed by atoms with Crippen molar-refractivity contribution in [2.24, 2.45) is 0 Å². The van der Waals surface area contributed by atoms with E-state index in [1.807, 2.05) is 61.2 Å². The van der Waals surface area contributed by atoms with E-state index in [0.29, 0.717) is 24.0 Å². The highest BCUT2D eigenvalue weighted by Crippen LogP contribution is 2.23. The molecule has 1 aromatic heterocycles. The van der Waals surface area contributed by atoms with Gasteiger partial charge in [-0.2, -0.15) is 0 Å². The van der Waals surface area contributed by atoms with Crippen LogP contribution in [0.3, 0.4) is 0 Å². The zero-order valence-electron chi connectivity index (χ0n) is 16.2. The van der Waals surface area contributed by atoms with Crippen LogP contribution in [-0.4, -0.2) is 33.6 Å². The Morgan fingerprint density at radius 2 is 1.86 bits per heavy atom. The van der Waals surface area contributed by atoms with Gasteiger partial charge in [-0.05, 0) is 56.0 Å². The third kappa shape index (κ3) is 3.50. The summed E-state index contributed by atoms with van der Waals surface area (Å²) in [4.78, 5) is 31.7. The number of piperidine rings is 1. The minimum atomic E-state index is -0.0869. The molecule has 2 aromatic carbocycles. The summed E-state index contributed by atoms with van der Waals surface area (Å²) in [5.41, 5.74) is 3.71. The highest BCUT2D eigenvalue weighted by Gasteiger charge is 2.25. The van der Waals surface area contributed by atoms with Crippen molar-refractivity contribution in [3.63, 3.8) is 0 Å². The Labute approximate surface area is 163 Å². The van der Waals surface area contributed by atoms with E-state index in [9.17, 15) is 9.59 Å². The summed E-state index contributed by atoms with van der Waals surface area (Å²) in [5, 5.41) is 3.66. The van der Waals surface area contributed by atoms with Crippen molar-refractivity contribution in [1.29, 1.82) is 0 Å². The van der Waals surface area contributed by atoms with Gasteiger partial charge in [0, 0.05) is 24.8 Å². The fraction of sp³-hybridized carbons (Fsp3) is 0.318. The van der Waals surface area contributed by atoms with Gasteiger partial charge < -0.3 is 10.2 Å². The summed E-state index contributed by atoms with van der Waals surface area (Å²) in [6.07, 6.45) is 3.11. The van der Waals surface area contributed by atoms with Gasteiger partial charge in [-0.15, -0.1) is 0 Å². The number of aryl methyl sites for hydroxylation is 2. The Bertz CT molecular complexity index is 1080. The maximum absolute atomic E-state index is 12.8. The van der Waals surface area contributed by atoms with Crippen LogP contribution in [0, 0.1) is 13.8 Å². The Morgan fingerprint density at radius 1 is 1.11 bits per heavy atom. The molecule has 0 atom stereocenters. The Morgan fingerprint density at radius 3 is 2.64 bits per heavy atom. The van der Waals surface area contributed by atoms with Crippen LogP contribution in [0.2, 0.25) is 0 Å². The molecule has 1 aliphatic rings. The van der Waals surface area contributed by atoms with Gasteiger partial charge in [0.05, 0.1) is 17.2 Å². The molecular weight excluding hydrogens is 352 g/mol. The second kappa shape index (κ2) is 7.46. The van der Waals surface area contributed by atoms with Gasteiger partial charge >= 0.3 is 6.03 Å². The van der Waals surface area contributed by atoms with Crippen LogP contribution in [0.4, 0.5) is 10.5 Å². The molecule has 0 spiro atoms. The number of urea groups is 1. The minimum absolute atomic E-state index is 0.0103. The number of hydrogen-bond donors (Lipinski definition) is 1. The lowest BCUT2D eigenvalue weighted by Gasteiger charge is -2.33. The summed E-state index contributed by atoms with van der Waals surface area (Å²) >= 11 is 0. The molecule has 1 fully saturated rings. The summed E-state index contributed by atoms with van der Waals surface area (Å²) < 4.78 is 1.72. The molecule has 6 heteroatoms. The van der Waals surface area contributed by atoms with Crippen LogP contribution in [-0.2, 0) is 0 Å². The molecule has 0 bridgehead atoms. The van der Waals surface area contributed by atoms with Gasteiger partial charge in [0.2, 0.25) is 0 Å². The first-order chi connectivity index (χ1) is 13.5. The third-order valence-electron chi connectivity index (χ3n) is 5.47. The quantitative estimate of drug-likeness (QED) is 0.738. The van der Waals surface area contributed by atoms with Gasteiger partial charge in [-0.25, -0.2) is 9.78 Å². The van der Waals surface area contributed by atoms with Crippen molar-refractivity contribution in [2.75, 3.05) is 18.4 Å². The molecule has 4 rings (SSSR count). The van der Waals surface area contributed by atoms with E-state index in [4.69, 9.17) is 0 Å². The van der Waals surface area contributed by atoms with Crippen LogP contribution in [0.25, 0.3) is 10.9 Å². The number of rotatable bonds is 2. The first kappa shape index (κ1) is 18.2. The highest BCUT2D eigenvalue weighted by atomic mass is 16.2. The van der Waals surface area contributed by atoms with E-state index < -0.39 is 0 Å². The Balaban J connectivity index is 1.45. The van der Waals surface area contributed by atoms with Crippen molar-refractivity contribution in [3.8, 4) is 0 Å². The number of nitrogens with zero attached hydrogens (tertiary/aromatic N) is 3. The molecular formula is C22H24N4O2. The number of nitrogens with one attached hydrogen (secondary N) is 1. The number of likely N-dealkylation sites (tertiary alicyclic amines) is 1. The molecule has 144 valence electrons. The molecule has 1 aliphatic heterocycles. The van der Waals surface area contributed by atoms with Crippen LogP contribution in [0.1, 0.15) is 30.0 Å². The summed E-state index contributed by atoms with van der Waals surface area (Å²) in [5.74, 6) is 0. The second-order valence-corrected chi connectivity index (χ2v) is 7.44. The lowest BCUT2D eigenvalue weighted by molar-refractivity contribution is 0.182.